The molecule has 0 aliphatic rings. The molecule has 0 unspecified atom stereocenters. The van der Waals surface area contributed by atoms with Crippen LogP contribution in [0.4, 0.5) is 5.82 Å². The highest BCUT2D eigenvalue weighted by atomic mass is 32.2. The molecule has 5 aromatic rings. The van der Waals surface area contributed by atoms with Crippen LogP contribution in [0.2, 0.25) is 0 Å². The van der Waals surface area contributed by atoms with Crippen LogP contribution in [0, 0.1) is 6.92 Å². The number of nitrogens with zero attached hydrogens (tertiary/aromatic N) is 7. The number of pyridine rings is 2. The van der Waals surface area contributed by atoms with Gasteiger partial charge >= 0.3 is 0 Å². The molecule has 0 saturated carbocycles. The van der Waals surface area contributed by atoms with Gasteiger partial charge in [-0.15, -0.1) is 5.10 Å². The van der Waals surface area contributed by atoms with Crippen LogP contribution >= 0.6 is 0 Å². The molecule has 1 radical (unpaired) electrons. The highest BCUT2D eigenvalue weighted by Crippen LogP contribution is 2.41. The third-order valence-corrected chi connectivity index (χ3v) is 7.15. The smallest absolute Gasteiger partial charge is 0.280 e. The second-order valence-corrected chi connectivity index (χ2v) is 10.6. The number of tetrazole rings is 1. The van der Waals surface area contributed by atoms with Gasteiger partial charge in [-0.2, -0.15) is 13.4 Å². The molecule has 0 spiro atoms. The molecule has 2 N–H and O–H groups in total. The van der Waals surface area contributed by atoms with Gasteiger partial charge in [0.2, 0.25) is 5.75 Å². The van der Waals surface area contributed by atoms with Crippen LogP contribution in [0.3, 0.4) is 0 Å². The summed E-state index contributed by atoms with van der Waals surface area (Å²) in [5.41, 5.74) is 1.76. The molecule has 0 aliphatic heterocycles. The highest BCUT2D eigenvalue weighted by Gasteiger charge is 2.26. The number of sulfonamides is 1. The van der Waals surface area contributed by atoms with Gasteiger partial charge in [0.25, 0.3) is 15.9 Å². The Kier molecular flexibility index (Phi) is 8.19. The van der Waals surface area contributed by atoms with Gasteiger partial charge in [0.05, 0.1) is 13.7 Å². The molecule has 1 aromatic carbocycles. The second kappa shape index (κ2) is 12.1. The van der Waals surface area contributed by atoms with Gasteiger partial charge in [0.15, 0.2) is 34.0 Å². The van der Waals surface area contributed by atoms with Crippen molar-refractivity contribution in [2.75, 3.05) is 18.4 Å². The van der Waals surface area contributed by atoms with E-state index in [9.17, 15) is 8.42 Å². The maximum atomic E-state index is 13.5. The maximum absolute atomic E-state index is 13.5. The number of rotatable bonds is 11. The molecule has 4 aromatic heterocycles. The van der Waals surface area contributed by atoms with Gasteiger partial charge in [-0.3, -0.25) is 9.71 Å². The molecule has 0 bridgehead atoms. The van der Waals surface area contributed by atoms with E-state index in [0.717, 1.165) is 5.56 Å². The Hall–Kier alpha value is -5.18. The Bertz CT molecular complexity index is 1780. The lowest BCUT2D eigenvalue weighted by Gasteiger charge is -2.18. The summed E-state index contributed by atoms with van der Waals surface area (Å²) in [4.78, 5) is 17.5. The molecule has 0 fully saturated rings. The molecule has 4 heterocycles. The van der Waals surface area contributed by atoms with E-state index >= 15 is 0 Å². The SMILES string of the molecule is [CH2]COc1nc(-c2ccnc(-c3nnn[nH]3)c2)nc(NS(=O)(=O)c2ccc(C(C)C)cn2)c1Oc1ccccc1OC. The quantitative estimate of drug-likeness (QED) is 0.226. The van der Waals surface area contributed by atoms with Crippen LogP contribution in [0.25, 0.3) is 22.9 Å². The van der Waals surface area contributed by atoms with E-state index in [4.69, 9.17) is 14.2 Å². The van der Waals surface area contributed by atoms with Gasteiger partial charge in [0, 0.05) is 18.0 Å². The summed E-state index contributed by atoms with van der Waals surface area (Å²) in [6, 6.07) is 13.2. The molecule has 215 valence electrons. The largest absolute Gasteiger partial charge is 0.493 e. The third kappa shape index (κ3) is 6.10. The minimum atomic E-state index is -4.24. The van der Waals surface area contributed by atoms with Crippen molar-refractivity contribution < 1.29 is 22.6 Å². The molecule has 15 heteroatoms. The van der Waals surface area contributed by atoms with Crippen molar-refractivity contribution in [3.63, 3.8) is 0 Å². The van der Waals surface area contributed by atoms with Crippen molar-refractivity contribution >= 4 is 15.8 Å². The summed E-state index contributed by atoms with van der Waals surface area (Å²) >= 11 is 0. The monoisotopic (exact) mass is 588 g/mol. The zero-order chi connectivity index (χ0) is 29.7. The predicted octanol–water partition coefficient (Wildman–Crippen LogP) is 4.05. The first-order chi connectivity index (χ1) is 20.3. The van der Waals surface area contributed by atoms with Crippen LogP contribution in [-0.4, -0.2) is 62.7 Å². The first kappa shape index (κ1) is 28.4. The van der Waals surface area contributed by atoms with E-state index in [1.165, 1.54) is 25.6 Å². The number of aromatic nitrogens is 8. The van der Waals surface area contributed by atoms with E-state index < -0.39 is 10.0 Å². The fourth-order valence-corrected chi connectivity index (χ4v) is 4.70. The summed E-state index contributed by atoms with van der Waals surface area (Å²) in [5.74, 6) is 0.873. The van der Waals surface area contributed by atoms with Crippen LogP contribution in [0.5, 0.6) is 23.1 Å². The van der Waals surface area contributed by atoms with Crippen molar-refractivity contribution in [3.8, 4) is 46.0 Å². The minimum absolute atomic E-state index is 0.0471. The van der Waals surface area contributed by atoms with Gasteiger partial charge < -0.3 is 14.2 Å². The number of hydrogen-bond acceptors (Lipinski definition) is 12. The van der Waals surface area contributed by atoms with E-state index in [1.54, 1.807) is 42.5 Å². The normalized spacial score (nSPS) is 11.4. The summed E-state index contributed by atoms with van der Waals surface area (Å²) in [6.45, 7) is 7.67. The fraction of sp³-hybridized carbons (Fsp3) is 0.185. The van der Waals surface area contributed by atoms with Crippen molar-refractivity contribution in [3.05, 3.63) is 73.4 Å². The molecular formula is C27H26N9O5S. The number of hydrogen-bond donors (Lipinski definition) is 2. The maximum Gasteiger partial charge on any atom is 0.280 e. The topological polar surface area (TPSA) is 180 Å². The Morgan fingerprint density at radius 1 is 1.05 bits per heavy atom. The lowest BCUT2D eigenvalue weighted by Crippen LogP contribution is -2.17. The van der Waals surface area contributed by atoms with Crippen molar-refractivity contribution in [2.45, 2.75) is 24.8 Å². The number of benzene rings is 1. The Morgan fingerprint density at radius 3 is 2.52 bits per heavy atom. The number of ether oxygens (including phenoxy) is 3. The van der Waals surface area contributed by atoms with Crippen LogP contribution in [0.1, 0.15) is 25.3 Å². The Balaban J connectivity index is 1.65. The van der Waals surface area contributed by atoms with E-state index in [0.29, 0.717) is 22.8 Å². The van der Waals surface area contributed by atoms with Crippen LogP contribution in [-0.2, 0) is 10.0 Å². The number of aromatic amines is 1. The first-order valence-corrected chi connectivity index (χ1v) is 14.1. The average Bonchev–Trinajstić information content (AvgIpc) is 3.54. The standard InChI is InChI=1S/C27H26N9O5S/c1-5-40-27-23(41-21-9-7-6-8-20(21)39-4)26(34-42(37,38)22-11-10-18(15-29-22)16(2)3)30-24(31-27)17-12-13-28-19(14-17)25-32-35-36-33-25/h6-16H,1,5H2,2-4H3,(H,30,31,34)(H,32,33,35,36). The summed E-state index contributed by atoms with van der Waals surface area (Å²) in [6.07, 6.45) is 3.03. The fourth-order valence-electron chi connectivity index (χ4n) is 3.77. The van der Waals surface area contributed by atoms with E-state index in [-0.39, 0.29) is 46.6 Å². The minimum Gasteiger partial charge on any atom is -0.493 e. The number of anilines is 1. The zero-order valence-corrected chi connectivity index (χ0v) is 23.7. The molecule has 0 amide bonds. The summed E-state index contributed by atoms with van der Waals surface area (Å²) in [7, 11) is -2.76. The van der Waals surface area contributed by atoms with Gasteiger partial charge in [-0.05, 0) is 59.2 Å². The van der Waals surface area contributed by atoms with Gasteiger partial charge in [0.1, 0.15) is 5.69 Å². The van der Waals surface area contributed by atoms with Crippen molar-refractivity contribution in [2.24, 2.45) is 0 Å². The van der Waals surface area contributed by atoms with Crippen molar-refractivity contribution in [1.29, 1.82) is 0 Å². The van der Waals surface area contributed by atoms with Gasteiger partial charge in [-0.1, -0.05) is 32.0 Å². The molecular weight excluding hydrogens is 562 g/mol. The molecule has 0 aliphatic carbocycles. The lowest BCUT2D eigenvalue weighted by molar-refractivity contribution is 0.319. The van der Waals surface area contributed by atoms with E-state index in [2.05, 4.69) is 52.2 Å². The number of para-hydroxylation sites is 2. The lowest BCUT2D eigenvalue weighted by atomic mass is 10.1. The molecule has 0 saturated heterocycles. The number of nitrogens with one attached hydrogen (secondary N) is 2. The summed E-state index contributed by atoms with van der Waals surface area (Å²) < 4.78 is 46.8. The van der Waals surface area contributed by atoms with Gasteiger partial charge in [-0.25, -0.2) is 15.1 Å². The Labute approximate surface area is 241 Å². The molecule has 42 heavy (non-hydrogen) atoms. The molecule has 5 rings (SSSR count). The summed E-state index contributed by atoms with van der Waals surface area (Å²) in [5, 5.41) is 13.5. The van der Waals surface area contributed by atoms with Crippen LogP contribution in [0.15, 0.2) is 66.0 Å². The zero-order valence-electron chi connectivity index (χ0n) is 22.8. The molecule has 14 nitrogen and oxygen atoms in total. The van der Waals surface area contributed by atoms with E-state index in [1.807, 2.05) is 13.8 Å². The van der Waals surface area contributed by atoms with Crippen LogP contribution < -0.4 is 18.9 Å². The average molecular weight is 589 g/mol. The van der Waals surface area contributed by atoms with Crippen molar-refractivity contribution in [1.82, 2.24) is 40.6 Å². The number of H-pyrrole nitrogens is 1. The first-order valence-electron chi connectivity index (χ1n) is 12.6. The highest BCUT2D eigenvalue weighted by molar-refractivity contribution is 7.92. The second-order valence-electron chi connectivity index (χ2n) is 9.00. The Morgan fingerprint density at radius 2 is 1.86 bits per heavy atom. The number of methoxy groups -OCH3 is 1. The molecule has 0 atom stereocenters. The predicted molar refractivity (Wildman–Crippen MR) is 151 cm³/mol. The third-order valence-electron chi connectivity index (χ3n) is 5.89.